The molecule has 222 valence electrons. The van der Waals surface area contributed by atoms with Gasteiger partial charge in [0.05, 0.1) is 31.3 Å². The Balaban J connectivity index is 1.21. The number of benzene rings is 1. The van der Waals surface area contributed by atoms with Crippen molar-refractivity contribution in [2.75, 3.05) is 6.61 Å². The molecular weight excluding hydrogens is 536 g/mol. The van der Waals surface area contributed by atoms with Crippen molar-refractivity contribution in [1.82, 2.24) is 0 Å². The number of carbonyl (C=O) groups excluding carboxylic acids is 2. The second-order valence-corrected chi connectivity index (χ2v) is 13.3. The molecule has 8 nitrogen and oxygen atoms in total. The first-order chi connectivity index (χ1) is 20.1. The predicted molar refractivity (Wildman–Crippen MR) is 151 cm³/mol. The van der Waals surface area contributed by atoms with E-state index in [2.05, 4.69) is 6.92 Å². The van der Waals surface area contributed by atoms with E-state index in [1.54, 1.807) is 24.7 Å². The van der Waals surface area contributed by atoms with Crippen LogP contribution in [0.15, 0.2) is 65.0 Å². The van der Waals surface area contributed by atoms with Gasteiger partial charge in [-0.15, -0.1) is 0 Å². The van der Waals surface area contributed by atoms with Gasteiger partial charge in [0.25, 0.3) is 0 Å². The molecule has 1 aliphatic heterocycles. The Bertz CT molecular complexity index is 1470. The maximum atomic E-state index is 13.8. The van der Waals surface area contributed by atoms with E-state index in [1.165, 1.54) is 0 Å². The molecule has 8 heteroatoms. The summed E-state index contributed by atoms with van der Waals surface area (Å²) in [6, 6.07) is 7.67. The fourth-order valence-corrected chi connectivity index (χ4v) is 9.49. The number of hydrogen-bond acceptors (Lipinski definition) is 8. The van der Waals surface area contributed by atoms with E-state index in [0.717, 1.165) is 35.1 Å². The predicted octanol–water partition coefficient (Wildman–Crippen LogP) is 3.97. The fourth-order valence-electron chi connectivity index (χ4n) is 9.49. The molecular formula is C34H38O8. The molecule has 2 heterocycles. The largest absolute Gasteiger partial charge is 0.472 e. The van der Waals surface area contributed by atoms with Crippen LogP contribution >= 0.6 is 0 Å². The van der Waals surface area contributed by atoms with Gasteiger partial charge in [0.1, 0.15) is 6.61 Å². The number of aliphatic hydroxyl groups excluding tert-OH is 3. The molecule has 3 saturated carbocycles. The van der Waals surface area contributed by atoms with Crippen LogP contribution in [0.2, 0.25) is 0 Å². The van der Waals surface area contributed by atoms with E-state index in [-0.39, 0.29) is 30.1 Å². The van der Waals surface area contributed by atoms with Crippen LogP contribution < -0.4 is 0 Å². The first kappa shape index (κ1) is 27.9. The Morgan fingerprint density at radius 2 is 1.86 bits per heavy atom. The average Bonchev–Trinajstić information content (AvgIpc) is 3.65. The van der Waals surface area contributed by atoms with Gasteiger partial charge in [-0.2, -0.15) is 0 Å². The Morgan fingerprint density at radius 3 is 2.60 bits per heavy atom. The summed E-state index contributed by atoms with van der Waals surface area (Å²) in [5.41, 5.74) is 1.91. The zero-order chi connectivity index (χ0) is 29.4. The summed E-state index contributed by atoms with van der Waals surface area (Å²) >= 11 is 0. The summed E-state index contributed by atoms with van der Waals surface area (Å²) in [5.74, 6) is -0.377. The maximum Gasteiger partial charge on any atom is 0.193 e. The van der Waals surface area contributed by atoms with Crippen LogP contribution in [0.4, 0.5) is 0 Å². The van der Waals surface area contributed by atoms with Crippen molar-refractivity contribution in [3.8, 4) is 0 Å². The first-order valence-electron chi connectivity index (χ1n) is 15.0. The van der Waals surface area contributed by atoms with Gasteiger partial charge < -0.3 is 29.2 Å². The maximum absolute atomic E-state index is 13.8. The molecule has 7 rings (SSSR count). The normalized spacial score (nSPS) is 40.2. The number of aliphatic hydroxyl groups is 3. The number of rotatable bonds is 6. The van der Waals surface area contributed by atoms with Crippen LogP contribution in [0.1, 0.15) is 68.1 Å². The molecule has 4 fully saturated rings. The van der Waals surface area contributed by atoms with Crippen molar-refractivity contribution in [3.63, 3.8) is 0 Å². The van der Waals surface area contributed by atoms with Crippen LogP contribution in [0.25, 0.3) is 0 Å². The molecule has 3 N–H and O–H groups in total. The van der Waals surface area contributed by atoms with Gasteiger partial charge in [0.15, 0.2) is 23.5 Å². The average molecular weight is 575 g/mol. The molecule has 4 aliphatic carbocycles. The third-order valence-corrected chi connectivity index (χ3v) is 11.4. The number of carbonyl (C=O) groups is 2. The molecule has 42 heavy (non-hydrogen) atoms. The lowest BCUT2D eigenvalue weighted by Gasteiger charge is -2.59. The second kappa shape index (κ2) is 9.82. The summed E-state index contributed by atoms with van der Waals surface area (Å²) in [6.45, 7) is 3.45. The number of hydrogen-bond donors (Lipinski definition) is 3. The molecule has 1 aromatic carbocycles. The van der Waals surface area contributed by atoms with Crippen molar-refractivity contribution >= 4 is 11.6 Å². The molecule has 9 atom stereocenters. The highest BCUT2D eigenvalue weighted by Gasteiger charge is 2.76. The molecule has 0 spiro atoms. The summed E-state index contributed by atoms with van der Waals surface area (Å²) in [5, 5.41) is 31.4. The van der Waals surface area contributed by atoms with Gasteiger partial charge in [-0.3, -0.25) is 9.59 Å². The number of ketones is 2. The molecule has 0 radical (unpaired) electrons. The van der Waals surface area contributed by atoms with Crippen molar-refractivity contribution in [1.29, 1.82) is 0 Å². The van der Waals surface area contributed by atoms with Crippen LogP contribution in [0.5, 0.6) is 0 Å². The molecule has 1 aromatic heterocycles. The van der Waals surface area contributed by atoms with E-state index >= 15 is 0 Å². The molecule has 0 bridgehead atoms. The van der Waals surface area contributed by atoms with Crippen molar-refractivity contribution < 1.29 is 38.8 Å². The van der Waals surface area contributed by atoms with Gasteiger partial charge >= 0.3 is 0 Å². The second-order valence-electron chi connectivity index (χ2n) is 13.3. The van der Waals surface area contributed by atoms with Crippen molar-refractivity contribution in [2.45, 2.75) is 76.7 Å². The molecule has 5 aliphatic rings. The van der Waals surface area contributed by atoms with Gasteiger partial charge in [-0.1, -0.05) is 49.8 Å². The first-order valence-corrected chi connectivity index (χ1v) is 15.0. The molecule has 2 aromatic rings. The quantitative estimate of drug-likeness (QED) is 0.473. The minimum atomic E-state index is -1.41. The van der Waals surface area contributed by atoms with E-state index < -0.39 is 47.3 Å². The lowest BCUT2D eigenvalue weighted by molar-refractivity contribution is -0.201. The van der Waals surface area contributed by atoms with Gasteiger partial charge in [0.2, 0.25) is 0 Å². The Morgan fingerprint density at radius 1 is 1.10 bits per heavy atom. The number of ether oxygens (including phenoxy) is 2. The van der Waals surface area contributed by atoms with Crippen LogP contribution in [-0.2, 0) is 32.1 Å². The number of fused-ring (bicyclic) bond motifs is 7. The minimum Gasteiger partial charge on any atom is -0.472 e. The standard InChI is InChI=1S/C34H38O8/c1-32-10-9-23(37)12-22(32)7-8-24-26-13-29-34(28(39)16-36,33(26,2)14-27(38)30(24)32)42-31(41-29)25-18-40-17-21(25)11-19-3-5-20(15-35)6-4-19/h3-6,9-10,12,17-18,24,26-27,29-31,35-36,38H,7-8,11,13-16H2,1-2H3/t24-,26-,27-,29+,30+,31+,32-,33-,34+/m0/s1. The van der Waals surface area contributed by atoms with Crippen LogP contribution in [0.3, 0.4) is 0 Å². The summed E-state index contributed by atoms with van der Waals surface area (Å²) in [6.07, 6.45) is 9.46. The number of Topliss-reactive ketones (excluding diaryl/α,β-unsaturated/α-hetero) is 1. The monoisotopic (exact) mass is 574 g/mol. The van der Waals surface area contributed by atoms with E-state index in [9.17, 15) is 24.9 Å². The number of allylic oxidation sites excluding steroid dienone is 4. The highest BCUT2D eigenvalue weighted by atomic mass is 16.7. The smallest absolute Gasteiger partial charge is 0.193 e. The van der Waals surface area contributed by atoms with E-state index in [0.29, 0.717) is 24.8 Å². The van der Waals surface area contributed by atoms with Crippen molar-refractivity contribution in [3.05, 3.63) is 82.8 Å². The lowest BCUT2D eigenvalue weighted by Crippen LogP contribution is -2.63. The molecule has 1 saturated heterocycles. The van der Waals surface area contributed by atoms with Gasteiger partial charge in [0, 0.05) is 34.3 Å². The van der Waals surface area contributed by atoms with Crippen LogP contribution in [0, 0.1) is 28.6 Å². The fraction of sp³-hybridized carbons (Fsp3) is 0.529. The summed E-state index contributed by atoms with van der Waals surface area (Å²) in [4.78, 5) is 25.9. The van der Waals surface area contributed by atoms with E-state index in [1.807, 2.05) is 37.3 Å². The summed E-state index contributed by atoms with van der Waals surface area (Å²) < 4.78 is 18.9. The van der Waals surface area contributed by atoms with Crippen LogP contribution in [-0.4, -0.2) is 51.3 Å². The Kier molecular flexibility index (Phi) is 6.53. The van der Waals surface area contributed by atoms with Crippen molar-refractivity contribution in [2.24, 2.45) is 28.6 Å². The SMILES string of the molecule is C[C@]12C=CC(=O)C=C1CC[C@@H]1[C@@H]2[C@@H](O)C[C@@]2(C)[C@H]1C[C@H]1O[C@@H](c3cocc3Cc3ccc(CO)cc3)O[C@]12C(=O)CO. The van der Waals surface area contributed by atoms with Gasteiger partial charge in [-0.05, 0) is 60.8 Å². The molecule has 0 amide bonds. The zero-order valence-electron chi connectivity index (χ0n) is 24.0. The minimum absolute atomic E-state index is 0.00686. The Labute approximate surface area is 245 Å². The molecule has 0 unspecified atom stereocenters. The third-order valence-electron chi connectivity index (χ3n) is 11.4. The Hall–Kier alpha value is -2.88. The van der Waals surface area contributed by atoms with E-state index in [4.69, 9.17) is 13.9 Å². The summed E-state index contributed by atoms with van der Waals surface area (Å²) in [7, 11) is 0. The third kappa shape index (κ3) is 3.78. The highest BCUT2D eigenvalue weighted by Crippen LogP contribution is 2.70. The number of furan rings is 1. The zero-order valence-corrected chi connectivity index (χ0v) is 24.0. The highest BCUT2D eigenvalue weighted by molar-refractivity contribution is 6.01. The van der Waals surface area contributed by atoms with Gasteiger partial charge in [-0.25, -0.2) is 0 Å². The topological polar surface area (TPSA) is 126 Å². The lowest BCUT2D eigenvalue weighted by atomic mass is 9.46.